The summed E-state index contributed by atoms with van der Waals surface area (Å²) >= 11 is 0. The molecule has 0 amide bonds. The fraction of sp³-hybridized carbons (Fsp3) is 0.292. The van der Waals surface area contributed by atoms with E-state index in [1.165, 1.54) is 5.56 Å². The zero-order valence-electron chi connectivity index (χ0n) is 18.2. The quantitative estimate of drug-likeness (QED) is 0.449. The predicted molar refractivity (Wildman–Crippen MR) is 123 cm³/mol. The van der Waals surface area contributed by atoms with Crippen LogP contribution in [0.2, 0.25) is 0 Å². The summed E-state index contributed by atoms with van der Waals surface area (Å²) in [6.07, 6.45) is 2.23. The SMILES string of the molecule is CCCCN(Cc1ccc(-c2ccccc2)c(-c2nnn[nH]2)c1)c1cc(C)nc(C)n1. The number of aromatic amines is 1. The fourth-order valence-corrected chi connectivity index (χ4v) is 3.73. The van der Waals surface area contributed by atoms with E-state index in [4.69, 9.17) is 4.98 Å². The molecule has 0 aliphatic carbocycles. The van der Waals surface area contributed by atoms with Gasteiger partial charge in [-0.2, -0.15) is 0 Å². The van der Waals surface area contributed by atoms with Crippen LogP contribution in [0, 0.1) is 13.8 Å². The Kier molecular flexibility index (Phi) is 6.31. The van der Waals surface area contributed by atoms with Gasteiger partial charge in [0.1, 0.15) is 11.6 Å². The number of hydrogen-bond donors (Lipinski definition) is 1. The molecule has 31 heavy (non-hydrogen) atoms. The van der Waals surface area contributed by atoms with Gasteiger partial charge in [0, 0.05) is 30.4 Å². The van der Waals surface area contributed by atoms with Crippen LogP contribution in [0.1, 0.15) is 36.8 Å². The van der Waals surface area contributed by atoms with E-state index in [1.807, 2.05) is 32.0 Å². The molecular formula is C24H27N7. The molecule has 1 N–H and O–H groups in total. The van der Waals surface area contributed by atoms with Gasteiger partial charge in [0.25, 0.3) is 0 Å². The third kappa shape index (κ3) is 4.94. The lowest BCUT2D eigenvalue weighted by atomic mass is 9.97. The molecule has 7 nitrogen and oxygen atoms in total. The molecule has 2 heterocycles. The molecule has 0 saturated heterocycles. The van der Waals surface area contributed by atoms with Crippen molar-refractivity contribution in [3.63, 3.8) is 0 Å². The highest BCUT2D eigenvalue weighted by atomic mass is 15.5. The van der Waals surface area contributed by atoms with Crippen LogP contribution in [0.25, 0.3) is 22.5 Å². The van der Waals surface area contributed by atoms with E-state index in [0.717, 1.165) is 60.0 Å². The Balaban J connectivity index is 1.71. The summed E-state index contributed by atoms with van der Waals surface area (Å²) in [4.78, 5) is 11.5. The van der Waals surface area contributed by atoms with E-state index < -0.39 is 0 Å². The van der Waals surface area contributed by atoms with Crippen molar-refractivity contribution in [3.05, 3.63) is 71.7 Å². The van der Waals surface area contributed by atoms with Crippen LogP contribution < -0.4 is 4.90 Å². The second-order valence-electron chi connectivity index (χ2n) is 7.69. The lowest BCUT2D eigenvalue weighted by Gasteiger charge is -2.25. The summed E-state index contributed by atoms with van der Waals surface area (Å²) in [5.41, 5.74) is 5.37. The number of aromatic nitrogens is 6. The van der Waals surface area contributed by atoms with Crippen molar-refractivity contribution < 1.29 is 0 Å². The van der Waals surface area contributed by atoms with Crippen LogP contribution in [0.5, 0.6) is 0 Å². The highest BCUT2D eigenvalue weighted by molar-refractivity contribution is 5.80. The normalized spacial score (nSPS) is 10.9. The van der Waals surface area contributed by atoms with E-state index in [0.29, 0.717) is 5.82 Å². The maximum absolute atomic E-state index is 4.70. The highest BCUT2D eigenvalue weighted by Gasteiger charge is 2.15. The second kappa shape index (κ2) is 9.47. The Morgan fingerprint density at radius 3 is 2.48 bits per heavy atom. The minimum atomic E-state index is 0.662. The number of rotatable bonds is 8. The lowest BCUT2D eigenvalue weighted by Crippen LogP contribution is -2.25. The van der Waals surface area contributed by atoms with Crippen LogP contribution in [0.4, 0.5) is 5.82 Å². The number of benzene rings is 2. The Hall–Kier alpha value is -3.61. The Morgan fingerprint density at radius 1 is 0.935 bits per heavy atom. The van der Waals surface area contributed by atoms with Gasteiger partial charge in [0.05, 0.1) is 0 Å². The molecule has 7 heteroatoms. The van der Waals surface area contributed by atoms with Crippen molar-refractivity contribution in [1.29, 1.82) is 0 Å². The van der Waals surface area contributed by atoms with Crippen molar-refractivity contribution in [2.75, 3.05) is 11.4 Å². The largest absolute Gasteiger partial charge is 0.352 e. The first-order valence-corrected chi connectivity index (χ1v) is 10.6. The van der Waals surface area contributed by atoms with Crippen LogP contribution in [0.15, 0.2) is 54.6 Å². The van der Waals surface area contributed by atoms with Crippen molar-refractivity contribution in [1.82, 2.24) is 30.6 Å². The van der Waals surface area contributed by atoms with Crippen LogP contribution >= 0.6 is 0 Å². The molecule has 0 aliphatic rings. The summed E-state index contributed by atoms with van der Waals surface area (Å²) in [5.74, 6) is 2.42. The Morgan fingerprint density at radius 2 is 1.77 bits per heavy atom. The first-order valence-electron chi connectivity index (χ1n) is 10.6. The zero-order chi connectivity index (χ0) is 21.6. The van der Waals surface area contributed by atoms with Crippen molar-refractivity contribution >= 4 is 5.82 Å². The van der Waals surface area contributed by atoms with Gasteiger partial charge in [-0.1, -0.05) is 55.8 Å². The third-order valence-electron chi connectivity index (χ3n) is 5.20. The highest BCUT2D eigenvalue weighted by Crippen LogP contribution is 2.31. The van der Waals surface area contributed by atoms with Gasteiger partial charge in [-0.15, -0.1) is 5.10 Å². The van der Waals surface area contributed by atoms with Crippen LogP contribution in [0.3, 0.4) is 0 Å². The molecule has 2 aromatic heterocycles. The monoisotopic (exact) mass is 413 g/mol. The summed E-state index contributed by atoms with van der Waals surface area (Å²) < 4.78 is 0. The number of tetrazole rings is 1. The molecular weight excluding hydrogens is 386 g/mol. The predicted octanol–water partition coefficient (Wildman–Crippen LogP) is 4.75. The van der Waals surface area contributed by atoms with E-state index in [9.17, 15) is 0 Å². The maximum Gasteiger partial charge on any atom is 0.180 e. The van der Waals surface area contributed by atoms with E-state index in [2.05, 4.69) is 73.8 Å². The molecule has 0 radical (unpaired) electrons. The van der Waals surface area contributed by atoms with E-state index in [-0.39, 0.29) is 0 Å². The van der Waals surface area contributed by atoms with Gasteiger partial charge in [-0.3, -0.25) is 0 Å². The van der Waals surface area contributed by atoms with Crippen molar-refractivity contribution in [2.24, 2.45) is 0 Å². The summed E-state index contributed by atoms with van der Waals surface area (Å²) in [6, 6.07) is 18.9. The number of unbranched alkanes of at least 4 members (excludes halogenated alkanes) is 1. The maximum atomic E-state index is 4.70. The molecule has 158 valence electrons. The van der Waals surface area contributed by atoms with Gasteiger partial charge in [0.2, 0.25) is 0 Å². The Labute approximate surface area is 182 Å². The standard InChI is InChI=1S/C24H27N7/c1-4-5-13-31(23-14-17(2)25-18(3)26-23)16-19-11-12-21(20-9-7-6-8-10-20)22(15-19)24-27-29-30-28-24/h6-12,14-15H,4-5,13,16H2,1-3H3,(H,27,28,29,30). The molecule has 4 aromatic rings. The molecule has 2 aromatic carbocycles. The first kappa shape index (κ1) is 20.7. The molecule has 0 bridgehead atoms. The molecule has 0 saturated carbocycles. The molecule has 0 atom stereocenters. The molecule has 0 aliphatic heterocycles. The smallest absolute Gasteiger partial charge is 0.180 e. The van der Waals surface area contributed by atoms with E-state index >= 15 is 0 Å². The fourth-order valence-electron chi connectivity index (χ4n) is 3.73. The van der Waals surface area contributed by atoms with Gasteiger partial charge in [-0.05, 0) is 53.5 Å². The number of hydrogen-bond acceptors (Lipinski definition) is 6. The first-order chi connectivity index (χ1) is 15.1. The van der Waals surface area contributed by atoms with Crippen molar-refractivity contribution in [2.45, 2.75) is 40.2 Å². The van der Waals surface area contributed by atoms with Gasteiger partial charge in [-0.25, -0.2) is 15.1 Å². The minimum Gasteiger partial charge on any atom is -0.352 e. The van der Waals surface area contributed by atoms with Gasteiger partial charge < -0.3 is 4.90 Å². The lowest BCUT2D eigenvalue weighted by molar-refractivity contribution is 0.704. The average molecular weight is 414 g/mol. The number of nitrogens with zero attached hydrogens (tertiary/aromatic N) is 6. The topological polar surface area (TPSA) is 83.5 Å². The number of H-pyrrole nitrogens is 1. The summed E-state index contributed by atoms with van der Waals surface area (Å²) in [5, 5.41) is 14.7. The summed E-state index contributed by atoms with van der Waals surface area (Å²) in [7, 11) is 0. The average Bonchev–Trinajstić information content (AvgIpc) is 3.31. The molecule has 4 rings (SSSR count). The summed E-state index contributed by atoms with van der Waals surface area (Å²) in [6.45, 7) is 7.85. The zero-order valence-corrected chi connectivity index (χ0v) is 18.2. The van der Waals surface area contributed by atoms with Crippen molar-refractivity contribution in [3.8, 4) is 22.5 Å². The van der Waals surface area contributed by atoms with Gasteiger partial charge >= 0.3 is 0 Å². The molecule has 0 spiro atoms. The number of aryl methyl sites for hydroxylation is 2. The van der Waals surface area contributed by atoms with Crippen LogP contribution in [-0.4, -0.2) is 37.1 Å². The minimum absolute atomic E-state index is 0.662. The second-order valence-corrected chi connectivity index (χ2v) is 7.69. The van der Waals surface area contributed by atoms with Crippen LogP contribution in [-0.2, 0) is 6.54 Å². The molecule has 0 fully saturated rings. The molecule has 0 unspecified atom stereocenters. The van der Waals surface area contributed by atoms with Gasteiger partial charge in [0.15, 0.2) is 5.82 Å². The number of anilines is 1. The number of nitrogens with one attached hydrogen (secondary N) is 1. The third-order valence-corrected chi connectivity index (χ3v) is 5.20. The Bertz CT molecular complexity index is 1100. The van der Waals surface area contributed by atoms with E-state index in [1.54, 1.807) is 0 Å².